The zero-order valence-electron chi connectivity index (χ0n) is 10.2. The van der Waals surface area contributed by atoms with Crippen LogP contribution in [0.4, 0.5) is 0 Å². The Balaban J connectivity index is 3.57. The normalized spacial score (nSPS) is 9.88. The molecule has 3 amide bonds. The molecule has 0 aliphatic heterocycles. The fraction of sp³-hybridized carbons (Fsp3) is 0.700. The molecule has 0 aliphatic carbocycles. The number of rotatable bonds is 7. The van der Waals surface area contributed by atoms with Crippen LogP contribution in [0, 0.1) is 0 Å². The zero-order valence-corrected chi connectivity index (χ0v) is 10.2. The van der Waals surface area contributed by atoms with Crippen LogP contribution in [-0.4, -0.2) is 43.4 Å². The number of hydrogen-bond donors (Lipinski definition) is 4. The third-order valence-electron chi connectivity index (χ3n) is 1.76. The Morgan fingerprint density at radius 2 is 1.71 bits per heavy atom. The topological polar surface area (TPSA) is 113 Å². The maximum Gasteiger partial charge on any atom is 0.239 e. The molecule has 7 heteroatoms. The molecule has 0 aromatic heterocycles. The van der Waals surface area contributed by atoms with Gasteiger partial charge in [0.05, 0.1) is 13.1 Å². The van der Waals surface area contributed by atoms with E-state index in [1.165, 1.54) is 0 Å². The first-order chi connectivity index (χ1) is 7.95. The quantitative estimate of drug-likeness (QED) is 0.418. The monoisotopic (exact) mass is 244 g/mol. The second kappa shape index (κ2) is 8.51. The van der Waals surface area contributed by atoms with E-state index < -0.39 is 5.91 Å². The van der Waals surface area contributed by atoms with Crippen LogP contribution in [0.5, 0.6) is 0 Å². The van der Waals surface area contributed by atoms with E-state index in [1.807, 2.05) is 13.8 Å². The maximum absolute atomic E-state index is 11.2. The minimum atomic E-state index is -0.391. The Bertz CT molecular complexity index is 279. The molecule has 0 radical (unpaired) electrons. The van der Waals surface area contributed by atoms with Gasteiger partial charge in [0.25, 0.3) is 0 Å². The van der Waals surface area contributed by atoms with Gasteiger partial charge in [-0.2, -0.15) is 0 Å². The SMILES string of the molecule is CC(C)NC(=O)CCNC(=O)CNC(=O)CN. The van der Waals surface area contributed by atoms with Crippen LogP contribution in [0.1, 0.15) is 20.3 Å². The van der Waals surface area contributed by atoms with Gasteiger partial charge >= 0.3 is 0 Å². The molecule has 0 aliphatic rings. The van der Waals surface area contributed by atoms with Gasteiger partial charge in [0.2, 0.25) is 17.7 Å². The Morgan fingerprint density at radius 1 is 1.06 bits per heavy atom. The van der Waals surface area contributed by atoms with E-state index in [9.17, 15) is 14.4 Å². The summed E-state index contributed by atoms with van der Waals surface area (Å²) in [4.78, 5) is 33.1. The van der Waals surface area contributed by atoms with E-state index in [0.29, 0.717) is 0 Å². The van der Waals surface area contributed by atoms with Gasteiger partial charge in [-0.3, -0.25) is 14.4 Å². The van der Waals surface area contributed by atoms with Crippen LogP contribution in [0.2, 0.25) is 0 Å². The molecule has 0 saturated carbocycles. The van der Waals surface area contributed by atoms with E-state index in [4.69, 9.17) is 5.73 Å². The van der Waals surface area contributed by atoms with Crippen molar-refractivity contribution in [1.29, 1.82) is 0 Å². The lowest BCUT2D eigenvalue weighted by atomic mass is 10.3. The highest BCUT2D eigenvalue weighted by Crippen LogP contribution is 1.82. The molecule has 0 bridgehead atoms. The van der Waals surface area contributed by atoms with Crippen molar-refractivity contribution in [2.24, 2.45) is 5.73 Å². The summed E-state index contributed by atoms with van der Waals surface area (Å²) in [5, 5.41) is 7.54. The van der Waals surface area contributed by atoms with Crippen LogP contribution in [0.25, 0.3) is 0 Å². The largest absolute Gasteiger partial charge is 0.354 e. The third-order valence-corrected chi connectivity index (χ3v) is 1.76. The fourth-order valence-corrected chi connectivity index (χ4v) is 1.02. The lowest BCUT2D eigenvalue weighted by Gasteiger charge is -2.09. The van der Waals surface area contributed by atoms with Gasteiger partial charge in [-0.05, 0) is 13.8 Å². The number of nitrogens with one attached hydrogen (secondary N) is 3. The molecule has 17 heavy (non-hydrogen) atoms. The number of amides is 3. The highest BCUT2D eigenvalue weighted by Gasteiger charge is 2.06. The van der Waals surface area contributed by atoms with E-state index in [1.54, 1.807) is 0 Å². The number of carbonyl (C=O) groups excluding carboxylic acids is 3. The van der Waals surface area contributed by atoms with Crippen LogP contribution in [0.15, 0.2) is 0 Å². The summed E-state index contributed by atoms with van der Waals surface area (Å²) < 4.78 is 0. The Kier molecular flexibility index (Phi) is 7.70. The second-order valence-corrected chi connectivity index (χ2v) is 3.80. The minimum absolute atomic E-state index is 0.0852. The molecule has 0 aromatic carbocycles. The molecule has 7 nitrogen and oxygen atoms in total. The van der Waals surface area contributed by atoms with Crippen molar-refractivity contribution in [2.75, 3.05) is 19.6 Å². The maximum atomic E-state index is 11.2. The van der Waals surface area contributed by atoms with Gasteiger partial charge in [0.15, 0.2) is 0 Å². The third kappa shape index (κ3) is 9.31. The first-order valence-corrected chi connectivity index (χ1v) is 5.48. The predicted octanol–water partition coefficient (Wildman–Crippen LogP) is -1.91. The average Bonchev–Trinajstić information content (AvgIpc) is 2.24. The van der Waals surface area contributed by atoms with Gasteiger partial charge in [-0.25, -0.2) is 0 Å². The molecular formula is C10H20N4O3. The van der Waals surface area contributed by atoms with Gasteiger partial charge in [0.1, 0.15) is 0 Å². The van der Waals surface area contributed by atoms with Crippen LogP contribution in [-0.2, 0) is 14.4 Å². The average molecular weight is 244 g/mol. The lowest BCUT2D eigenvalue weighted by Crippen LogP contribution is -2.40. The molecule has 5 N–H and O–H groups in total. The van der Waals surface area contributed by atoms with Crippen molar-refractivity contribution in [3.05, 3.63) is 0 Å². The van der Waals surface area contributed by atoms with Crippen molar-refractivity contribution in [3.8, 4) is 0 Å². The Morgan fingerprint density at radius 3 is 2.24 bits per heavy atom. The Hall–Kier alpha value is -1.63. The summed E-state index contributed by atoms with van der Waals surface area (Å²) in [6.07, 6.45) is 0.217. The lowest BCUT2D eigenvalue weighted by molar-refractivity contribution is -0.125. The highest BCUT2D eigenvalue weighted by atomic mass is 16.2. The zero-order chi connectivity index (χ0) is 13.3. The van der Waals surface area contributed by atoms with E-state index >= 15 is 0 Å². The van der Waals surface area contributed by atoms with E-state index in [2.05, 4.69) is 16.0 Å². The smallest absolute Gasteiger partial charge is 0.239 e. The summed E-state index contributed by atoms with van der Waals surface area (Å²) in [7, 11) is 0. The molecule has 0 atom stereocenters. The first-order valence-electron chi connectivity index (χ1n) is 5.48. The van der Waals surface area contributed by atoms with E-state index in [-0.39, 0.29) is 43.9 Å². The molecule has 98 valence electrons. The molecule has 0 rings (SSSR count). The summed E-state index contributed by atoms with van der Waals surface area (Å²) in [5.41, 5.74) is 5.05. The molecule has 0 saturated heterocycles. The predicted molar refractivity (Wildman–Crippen MR) is 63.0 cm³/mol. The molecule has 0 spiro atoms. The first kappa shape index (κ1) is 15.4. The van der Waals surface area contributed by atoms with Crippen molar-refractivity contribution in [3.63, 3.8) is 0 Å². The van der Waals surface area contributed by atoms with E-state index in [0.717, 1.165) is 0 Å². The Labute approximate surface area is 100 Å². The van der Waals surface area contributed by atoms with Crippen molar-refractivity contribution in [2.45, 2.75) is 26.3 Å². The molecule has 0 heterocycles. The summed E-state index contributed by atoms with van der Waals surface area (Å²) in [6.45, 7) is 3.69. The minimum Gasteiger partial charge on any atom is -0.354 e. The second-order valence-electron chi connectivity index (χ2n) is 3.80. The summed E-state index contributed by atoms with van der Waals surface area (Å²) in [6, 6.07) is 0.0852. The fourth-order valence-electron chi connectivity index (χ4n) is 1.02. The molecule has 0 aromatic rings. The number of carbonyl (C=O) groups is 3. The van der Waals surface area contributed by atoms with Crippen LogP contribution in [0.3, 0.4) is 0 Å². The standard InChI is InChI=1S/C10H20N4O3/c1-7(2)14-8(15)3-4-12-10(17)6-13-9(16)5-11/h7H,3-6,11H2,1-2H3,(H,12,17)(H,13,16)(H,14,15). The number of hydrogen-bond acceptors (Lipinski definition) is 4. The van der Waals surface area contributed by atoms with Gasteiger partial charge in [-0.15, -0.1) is 0 Å². The highest BCUT2D eigenvalue weighted by molar-refractivity contribution is 5.85. The molecule has 0 fully saturated rings. The van der Waals surface area contributed by atoms with Gasteiger partial charge in [-0.1, -0.05) is 0 Å². The van der Waals surface area contributed by atoms with Crippen molar-refractivity contribution < 1.29 is 14.4 Å². The van der Waals surface area contributed by atoms with Crippen molar-refractivity contribution >= 4 is 17.7 Å². The summed E-state index contributed by atoms with van der Waals surface area (Å²) in [5.74, 6) is -0.854. The van der Waals surface area contributed by atoms with Crippen LogP contribution < -0.4 is 21.7 Å². The van der Waals surface area contributed by atoms with Gasteiger partial charge < -0.3 is 21.7 Å². The van der Waals surface area contributed by atoms with Gasteiger partial charge in [0, 0.05) is 19.0 Å². The summed E-state index contributed by atoms with van der Waals surface area (Å²) >= 11 is 0. The number of nitrogens with two attached hydrogens (primary N) is 1. The molecule has 0 unspecified atom stereocenters. The molecular weight excluding hydrogens is 224 g/mol. The van der Waals surface area contributed by atoms with Crippen LogP contribution >= 0.6 is 0 Å². The van der Waals surface area contributed by atoms with Crippen molar-refractivity contribution in [1.82, 2.24) is 16.0 Å².